The highest BCUT2D eigenvalue weighted by atomic mass is 16.7. The number of allylic oxidation sites excluding steroid dienone is 1. The van der Waals surface area contributed by atoms with Crippen molar-refractivity contribution in [3.05, 3.63) is 11.6 Å². The third-order valence-electron chi connectivity index (χ3n) is 5.22. The van der Waals surface area contributed by atoms with E-state index < -0.39 is 5.79 Å². The molecule has 1 saturated carbocycles. The fourth-order valence-corrected chi connectivity index (χ4v) is 4.21. The third-order valence-corrected chi connectivity index (χ3v) is 5.22. The Kier molecular flexibility index (Phi) is 3.18. The molecule has 1 saturated heterocycles. The molecule has 0 aromatic carbocycles. The van der Waals surface area contributed by atoms with Crippen LogP contribution >= 0.6 is 0 Å². The van der Waals surface area contributed by atoms with E-state index in [-0.39, 0.29) is 17.3 Å². The molecule has 1 heterocycles. The molecule has 0 radical (unpaired) electrons. The summed E-state index contributed by atoms with van der Waals surface area (Å²) in [5.74, 6) is -0.477. The second-order valence-corrected chi connectivity index (χ2v) is 6.00. The van der Waals surface area contributed by atoms with E-state index in [0.717, 1.165) is 37.7 Å². The molecule has 0 unspecified atom stereocenters. The molecule has 4 nitrogen and oxygen atoms in total. The molecule has 2 aliphatic carbocycles. The van der Waals surface area contributed by atoms with Crippen LogP contribution in [-0.2, 0) is 19.0 Å². The smallest absolute Gasteiger partial charge is 0.333 e. The quantitative estimate of drug-likeness (QED) is 0.684. The van der Waals surface area contributed by atoms with Gasteiger partial charge >= 0.3 is 5.97 Å². The molecule has 19 heavy (non-hydrogen) atoms. The summed E-state index contributed by atoms with van der Waals surface area (Å²) in [6, 6.07) is 0. The fraction of sp³-hybridized carbons (Fsp3) is 0.800. The van der Waals surface area contributed by atoms with E-state index in [2.05, 4.69) is 6.92 Å². The normalized spacial score (nSPS) is 36.7. The second-order valence-electron chi connectivity index (χ2n) is 6.00. The van der Waals surface area contributed by atoms with Crippen molar-refractivity contribution < 1.29 is 19.0 Å². The molecule has 4 heteroatoms. The number of rotatable bonds is 1. The lowest BCUT2D eigenvalue weighted by Gasteiger charge is -2.54. The highest BCUT2D eigenvalue weighted by molar-refractivity contribution is 5.89. The molecule has 0 bridgehead atoms. The van der Waals surface area contributed by atoms with E-state index in [0.29, 0.717) is 13.2 Å². The Morgan fingerprint density at radius 1 is 1.37 bits per heavy atom. The third kappa shape index (κ3) is 1.77. The van der Waals surface area contributed by atoms with Crippen LogP contribution in [0.15, 0.2) is 11.6 Å². The highest BCUT2D eigenvalue weighted by Crippen LogP contribution is 2.58. The Labute approximate surface area is 114 Å². The average Bonchev–Trinajstić information content (AvgIpc) is 2.89. The fourth-order valence-electron chi connectivity index (χ4n) is 4.21. The molecule has 106 valence electrons. The molecule has 0 amide bonds. The largest absolute Gasteiger partial charge is 0.466 e. The van der Waals surface area contributed by atoms with E-state index in [4.69, 9.17) is 14.2 Å². The molecule has 1 spiro atoms. The maximum absolute atomic E-state index is 12.0. The maximum atomic E-state index is 12.0. The van der Waals surface area contributed by atoms with Crippen LogP contribution in [0.1, 0.15) is 39.0 Å². The predicted molar refractivity (Wildman–Crippen MR) is 69.4 cm³/mol. The number of carbonyl (C=O) groups excluding carboxylic acids is 1. The Hall–Kier alpha value is -0.870. The van der Waals surface area contributed by atoms with Crippen molar-refractivity contribution >= 4 is 5.97 Å². The molecule has 0 aromatic heterocycles. The Morgan fingerprint density at radius 2 is 2.11 bits per heavy atom. The van der Waals surface area contributed by atoms with Crippen molar-refractivity contribution in [3.8, 4) is 0 Å². The number of carbonyl (C=O) groups is 1. The second kappa shape index (κ2) is 4.60. The lowest BCUT2D eigenvalue weighted by Crippen LogP contribution is -2.56. The number of hydrogen-bond donors (Lipinski definition) is 0. The van der Waals surface area contributed by atoms with Crippen molar-refractivity contribution in [1.29, 1.82) is 0 Å². The van der Waals surface area contributed by atoms with Crippen molar-refractivity contribution in [2.24, 2.45) is 11.3 Å². The predicted octanol–water partition coefficient (Wildman–Crippen LogP) is 2.43. The summed E-state index contributed by atoms with van der Waals surface area (Å²) in [5.41, 5.74) is 0.717. The van der Waals surface area contributed by atoms with Gasteiger partial charge in [0.15, 0.2) is 5.79 Å². The molecule has 2 atom stereocenters. The van der Waals surface area contributed by atoms with Crippen LogP contribution in [0.3, 0.4) is 0 Å². The number of ether oxygens (including phenoxy) is 3. The van der Waals surface area contributed by atoms with Crippen LogP contribution in [0, 0.1) is 11.3 Å². The van der Waals surface area contributed by atoms with Gasteiger partial charge in [0.25, 0.3) is 0 Å². The minimum Gasteiger partial charge on any atom is -0.466 e. The standard InChI is InChI=1S/C15H22O4/c1-14-7-3-5-11(13(16)17-2)12(14)6-4-8-15(14)18-9-10-19-15/h5,12H,3-4,6-10H2,1-2H3/t12-,14-/m1/s1. The Morgan fingerprint density at radius 3 is 2.79 bits per heavy atom. The lowest BCUT2D eigenvalue weighted by atomic mass is 9.57. The summed E-state index contributed by atoms with van der Waals surface area (Å²) in [5, 5.41) is 0. The molecule has 1 aliphatic heterocycles. The summed E-state index contributed by atoms with van der Waals surface area (Å²) in [6.07, 6.45) is 6.95. The molecule has 3 rings (SSSR count). The Balaban J connectivity index is 1.97. The number of esters is 1. The van der Waals surface area contributed by atoms with Crippen LogP contribution in [-0.4, -0.2) is 32.1 Å². The van der Waals surface area contributed by atoms with Crippen molar-refractivity contribution in [3.63, 3.8) is 0 Å². The lowest BCUT2D eigenvalue weighted by molar-refractivity contribution is -0.267. The first-order valence-corrected chi connectivity index (χ1v) is 7.19. The van der Waals surface area contributed by atoms with Gasteiger partial charge in [-0.2, -0.15) is 0 Å². The number of hydrogen-bond acceptors (Lipinski definition) is 4. The van der Waals surface area contributed by atoms with E-state index in [1.54, 1.807) is 0 Å². The van der Waals surface area contributed by atoms with Crippen molar-refractivity contribution in [1.82, 2.24) is 0 Å². The van der Waals surface area contributed by atoms with Gasteiger partial charge in [-0.05, 0) is 25.7 Å². The van der Waals surface area contributed by atoms with Gasteiger partial charge in [0.1, 0.15) is 0 Å². The van der Waals surface area contributed by atoms with E-state index in [9.17, 15) is 4.79 Å². The first-order valence-electron chi connectivity index (χ1n) is 7.19. The van der Waals surface area contributed by atoms with Crippen LogP contribution < -0.4 is 0 Å². The zero-order valence-electron chi connectivity index (χ0n) is 11.7. The molecule has 0 aromatic rings. The molecular formula is C15H22O4. The van der Waals surface area contributed by atoms with Gasteiger partial charge in [-0.3, -0.25) is 0 Å². The summed E-state index contributed by atoms with van der Waals surface area (Å²) in [6.45, 7) is 3.55. The van der Waals surface area contributed by atoms with Crippen molar-refractivity contribution in [2.75, 3.05) is 20.3 Å². The minimum absolute atomic E-state index is 0.111. The van der Waals surface area contributed by atoms with Gasteiger partial charge in [0.2, 0.25) is 0 Å². The molecule has 3 aliphatic rings. The molecule has 2 fully saturated rings. The summed E-state index contributed by atoms with van der Waals surface area (Å²) in [7, 11) is 1.45. The zero-order valence-corrected chi connectivity index (χ0v) is 11.7. The van der Waals surface area contributed by atoms with Gasteiger partial charge in [0.05, 0.1) is 20.3 Å². The van der Waals surface area contributed by atoms with Crippen LogP contribution in [0.25, 0.3) is 0 Å². The van der Waals surface area contributed by atoms with E-state index >= 15 is 0 Å². The number of fused-ring (bicyclic) bond motifs is 2. The molecular weight excluding hydrogens is 244 g/mol. The zero-order chi connectivity index (χ0) is 13.5. The van der Waals surface area contributed by atoms with Gasteiger partial charge < -0.3 is 14.2 Å². The SMILES string of the molecule is COC(=O)C1=CCC[C@]2(C)[C@@H]1CCCC21OCCO1. The topological polar surface area (TPSA) is 44.8 Å². The van der Waals surface area contributed by atoms with E-state index in [1.165, 1.54) is 7.11 Å². The maximum Gasteiger partial charge on any atom is 0.333 e. The summed E-state index contributed by atoms with van der Waals surface area (Å²) < 4.78 is 17.0. The highest BCUT2D eigenvalue weighted by Gasteiger charge is 2.60. The van der Waals surface area contributed by atoms with Crippen LogP contribution in [0.2, 0.25) is 0 Å². The Bertz CT molecular complexity index is 408. The minimum atomic E-state index is -0.483. The number of methoxy groups -OCH3 is 1. The average molecular weight is 266 g/mol. The van der Waals surface area contributed by atoms with Gasteiger partial charge in [-0.1, -0.05) is 13.0 Å². The van der Waals surface area contributed by atoms with Gasteiger partial charge in [-0.15, -0.1) is 0 Å². The first-order chi connectivity index (χ1) is 9.13. The van der Waals surface area contributed by atoms with Crippen molar-refractivity contribution in [2.45, 2.75) is 44.8 Å². The van der Waals surface area contributed by atoms with Gasteiger partial charge in [0, 0.05) is 23.3 Å². The summed E-state index contributed by atoms with van der Waals surface area (Å²) in [4.78, 5) is 12.0. The van der Waals surface area contributed by atoms with Gasteiger partial charge in [-0.25, -0.2) is 4.79 Å². The van der Waals surface area contributed by atoms with Crippen LogP contribution in [0.5, 0.6) is 0 Å². The summed E-state index contributed by atoms with van der Waals surface area (Å²) >= 11 is 0. The monoisotopic (exact) mass is 266 g/mol. The molecule has 0 N–H and O–H groups in total. The van der Waals surface area contributed by atoms with Crippen LogP contribution in [0.4, 0.5) is 0 Å². The van der Waals surface area contributed by atoms with E-state index in [1.807, 2.05) is 6.08 Å². The first kappa shape index (κ1) is 13.1.